The number of aromatic hydroxyl groups is 1. The number of aromatic nitrogens is 2. The summed E-state index contributed by atoms with van der Waals surface area (Å²) in [4.78, 5) is 23.5. The molecule has 8 heteroatoms. The lowest BCUT2D eigenvalue weighted by Gasteiger charge is -2.01. The molecule has 2 aromatic carbocycles. The molecule has 0 saturated heterocycles. The molecule has 0 aliphatic carbocycles. The first-order valence-electron chi connectivity index (χ1n) is 7.73. The second kappa shape index (κ2) is 6.67. The number of nitrogens with zero attached hydrogens (tertiary/aromatic N) is 3. The first-order valence-corrected chi connectivity index (χ1v) is 7.73. The van der Waals surface area contributed by atoms with E-state index >= 15 is 0 Å². The minimum absolute atomic E-state index is 0.0668. The molecule has 1 aromatic heterocycles. The van der Waals surface area contributed by atoms with Gasteiger partial charge in [0.2, 0.25) is 0 Å². The largest absolute Gasteiger partial charge is 0.506 e. The Morgan fingerprint density at radius 2 is 1.88 bits per heavy atom. The molecule has 0 spiro atoms. The lowest BCUT2D eigenvalue weighted by molar-refractivity contribution is 0.0696. The minimum Gasteiger partial charge on any atom is -0.506 e. The topological polar surface area (TPSA) is 120 Å². The second-order valence-corrected chi connectivity index (χ2v) is 5.77. The van der Waals surface area contributed by atoms with E-state index in [9.17, 15) is 14.7 Å². The number of nitrogens with one attached hydrogen (secondary N) is 1. The number of H-pyrrole nitrogens is 1. The molecular weight excluding hydrogens is 336 g/mol. The van der Waals surface area contributed by atoms with Crippen LogP contribution in [0.15, 0.2) is 57.5 Å². The Kier molecular flexibility index (Phi) is 4.40. The van der Waals surface area contributed by atoms with E-state index in [1.165, 1.54) is 16.8 Å². The SMILES string of the molecule is Cc1cccc(-n2[nH]c(C)c(N=Nc3ccc(C(=O)O)cc3O)c2=O)c1. The molecule has 132 valence electrons. The summed E-state index contributed by atoms with van der Waals surface area (Å²) >= 11 is 0. The van der Waals surface area contributed by atoms with E-state index < -0.39 is 5.97 Å². The summed E-state index contributed by atoms with van der Waals surface area (Å²) in [5.74, 6) is -1.49. The number of aromatic carboxylic acids is 1. The van der Waals surface area contributed by atoms with Gasteiger partial charge in [0, 0.05) is 0 Å². The van der Waals surface area contributed by atoms with E-state index in [2.05, 4.69) is 15.3 Å². The number of hydrogen-bond donors (Lipinski definition) is 3. The molecule has 0 aliphatic rings. The highest BCUT2D eigenvalue weighted by Crippen LogP contribution is 2.29. The average molecular weight is 352 g/mol. The van der Waals surface area contributed by atoms with Gasteiger partial charge >= 0.3 is 5.97 Å². The molecule has 0 unspecified atom stereocenters. The Morgan fingerprint density at radius 1 is 1.12 bits per heavy atom. The van der Waals surface area contributed by atoms with Crippen molar-refractivity contribution in [2.75, 3.05) is 0 Å². The number of carbonyl (C=O) groups is 1. The fraction of sp³-hybridized carbons (Fsp3) is 0.111. The van der Waals surface area contributed by atoms with Gasteiger partial charge in [-0.1, -0.05) is 12.1 Å². The molecule has 26 heavy (non-hydrogen) atoms. The fourth-order valence-corrected chi connectivity index (χ4v) is 2.45. The van der Waals surface area contributed by atoms with Crippen LogP contribution in [0.1, 0.15) is 21.6 Å². The summed E-state index contributed by atoms with van der Waals surface area (Å²) in [7, 11) is 0. The maximum Gasteiger partial charge on any atom is 0.335 e. The van der Waals surface area contributed by atoms with Gasteiger partial charge < -0.3 is 10.2 Å². The van der Waals surface area contributed by atoms with Crippen LogP contribution in [-0.4, -0.2) is 26.0 Å². The van der Waals surface area contributed by atoms with Crippen molar-refractivity contribution in [2.45, 2.75) is 13.8 Å². The predicted octanol–water partition coefficient (Wildman–Crippen LogP) is 3.60. The molecule has 0 bridgehead atoms. The summed E-state index contributed by atoms with van der Waals surface area (Å²) in [5, 5.41) is 29.5. The number of hydrogen-bond acceptors (Lipinski definition) is 5. The third kappa shape index (κ3) is 3.25. The van der Waals surface area contributed by atoms with Gasteiger partial charge in [-0.2, -0.15) is 0 Å². The standard InChI is InChI=1S/C18H16N4O4/c1-10-4-3-5-13(8-10)22-17(24)16(11(2)21-22)20-19-14-7-6-12(18(25)26)9-15(14)23/h3-9,21,23H,1-2H3,(H,25,26). The van der Waals surface area contributed by atoms with E-state index in [1.807, 2.05) is 25.1 Å². The number of rotatable bonds is 4. The van der Waals surface area contributed by atoms with Gasteiger partial charge in [0.25, 0.3) is 5.56 Å². The summed E-state index contributed by atoms with van der Waals surface area (Å²) in [5.41, 5.74) is 1.92. The van der Waals surface area contributed by atoms with Crippen LogP contribution in [0, 0.1) is 13.8 Å². The lowest BCUT2D eigenvalue weighted by Crippen LogP contribution is -2.14. The molecule has 0 amide bonds. The second-order valence-electron chi connectivity index (χ2n) is 5.77. The molecule has 0 radical (unpaired) electrons. The van der Waals surface area contributed by atoms with Crippen molar-refractivity contribution < 1.29 is 15.0 Å². The van der Waals surface area contributed by atoms with Gasteiger partial charge in [0.1, 0.15) is 11.4 Å². The third-order valence-corrected chi connectivity index (χ3v) is 3.78. The zero-order valence-electron chi connectivity index (χ0n) is 14.1. The van der Waals surface area contributed by atoms with Gasteiger partial charge in [-0.15, -0.1) is 10.2 Å². The Labute approximate surface area is 148 Å². The Hall–Kier alpha value is -3.68. The number of carboxylic acid groups (broad SMARTS) is 1. The van der Waals surface area contributed by atoms with E-state index in [4.69, 9.17) is 5.11 Å². The van der Waals surface area contributed by atoms with E-state index in [0.717, 1.165) is 11.6 Å². The van der Waals surface area contributed by atoms with Crippen molar-refractivity contribution in [2.24, 2.45) is 10.2 Å². The number of aryl methyl sites for hydroxylation is 2. The van der Waals surface area contributed by atoms with Crippen LogP contribution >= 0.6 is 0 Å². The van der Waals surface area contributed by atoms with Crippen molar-refractivity contribution in [3.63, 3.8) is 0 Å². The zero-order chi connectivity index (χ0) is 18.8. The van der Waals surface area contributed by atoms with Gasteiger partial charge in [-0.25, -0.2) is 9.48 Å². The summed E-state index contributed by atoms with van der Waals surface area (Å²) < 4.78 is 1.37. The van der Waals surface area contributed by atoms with E-state index in [-0.39, 0.29) is 28.2 Å². The van der Waals surface area contributed by atoms with Crippen LogP contribution in [0.2, 0.25) is 0 Å². The zero-order valence-corrected chi connectivity index (χ0v) is 14.1. The van der Waals surface area contributed by atoms with Crippen LogP contribution in [0.4, 0.5) is 11.4 Å². The van der Waals surface area contributed by atoms with Crippen molar-refractivity contribution in [3.8, 4) is 11.4 Å². The molecule has 0 fully saturated rings. The van der Waals surface area contributed by atoms with Gasteiger partial charge in [0.15, 0.2) is 5.69 Å². The van der Waals surface area contributed by atoms with Crippen LogP contribution in [0.3, 0.4) is 0 Å². The molecule has 3 N–H and O–H groups in total. The van der Waals surface area contributed by atoms with Crippen LogP contribution in [-0.2, 0) is 0 Å². The number of phenolic OH excluding ortho intramolecular Hbond substituents is 1. The van der Waals surface area contributed by atoms with Crippen molar-refractivity contribution >= 4 is 17.3 Å². The first kappa shape index (κ1) is 17.2. The summed E-state index contributed by atoms with van der Waals surface area (Å²) in [6.07, 6.45) is 0. The maximum atomic E-state index is 12.6. The van der Waals surface area contributed by atoms with Crippen molar-refractivity contribution in [1.29, 1.82) is 0 Å². The quantitative estimate of drug-likeness (QED) is 0.621. The number of aromatic amines is 1. The van der Waals surface area contributed by atoms with Gasteiger partial charge in [-0.3, -0.25) is 9.89 Å². The Bertz CT molecular complexity index is 1080. The van der Waals surface area contributed by atoms with E-state index in [1.54, 1.807) is 13.0 Å². The van der Waals surface area contributed by atoms with Crippen molar-refractivity contribution in [3.05, 3.63) is 69.6 Å². The van der Waals surface area contributed by atoms with Crippen LogP contribution < -0.4 is 5.56 Å². The molecule has 3 aromatic rings. The highest BCUT2D eigenvalue weighted by Gasteiger charge is 2.13. The van der Waals surface area contributed by atoms with Gasteiger partial charge in [0.05, 0.1) is 16.9 Å². The molecule has 0 atom stereocenters. The molecule has 3 rings (SSSR count). The van der Waals surface area contributed by atoms with E-state index in [0.29, 0.717) is 11.4 Å². The highest BCUT2D eigenvalue weighted by molar-refractivity contribution is 5.88. The third-order valence-electron chi connectivity index (χ3n) is 3.78. The Balaban J connectivity index is 1.97. The molecular formula is C18H16N4O4. The fourth-order valence-electron chi connectivity index (χ4n) is 2.45. The van der Waals surface area contributed by atoms with Crippen LogP contribution in [0.5, 0.6) is 5.75 Å². The highest BCUT2D eigenvalue weighted by atomic mass is 16.4. The Morgan fingerprint density at radius 3 is 2.54 bits per heavy atom. The smallest absolute Gasteiger partial charge is 0.335 e. The number of carboxylic acids is 1. The number of benzene rings is 2. The minimum atomic E-state index is -1.16. The van der Waals surface area contributed by atoms with Gasteiger partial charge in [-0.05, 0) is 49.7 Å². The van der Waals surface area contributed by atoms with Crippen molar-refractivity contribution in [1.82, 2.24) is 9.78 Å². The molecule has 0 saturated carbocycles. The summed E-state index contributed by atoms with van der Waals surface area (Å²) in [6, 6.07) is 11.1. The maximum absolute atomic E-state index is 12.6. The average Bonchev–Trinajstić information content (AvgIpc) is 2.88. The summed E-state index contributed by atoms with van der Waals surface area (Å²) in [6.45, 7) is 3.62. The first-order chi connectivity index (χ1) is 12.4. The molecule has 1 heterocycles. The monoisotopic (exact) mass is 352 g/mol. The normalized spacial score (nSPS) is 11.2. The van der Waals surface area contributed by atoms with Crippen LogP contribution in [0.25, 0.3) is 5.69 Å². The number of phenols is 1. The lowest BCUT2D eigenvalue weighted by atomic mass is 10.2. The predicted molar refractivity (Wildman–Crippen MR) is 95.1 cm³/mol. The molecule has 0 aliphatic heterocycles. The number of azo groups is 1. The molecule has 8 nitrogen and oxygen atoms in total.